The Balaban J connectivity index is 1.94. The minimum atomic E-state index is -0.0511. The number of benzene rings is 1. The molecule has 2 aromatic rings. The number of rotatable bonds is 6. The predicted molar refractivity (Wildman–Crippen MR) is 80.7 cm³/mol. The number of nitrogens with zero attached hydrogens (tertiary/aromatic N) is 1. The largest absolute Gasteiger partial charge is 0.497 e. The summed E-state index contributed by atoms with van der Waals surface area (Å²) in [5.74, 6) is 1.39. The van der Waals surface area contributed by atoms with Crippen molar-refractivity contribution in [2.75, 3.05) is 19.5 Å². The van der Waals surface area contributed by atoms with Gasteiger partial charge >= 0.3 is 0 Å². The van der Waals surface area contributed by atoms with Crippen molar-refractivity contribution < 1.29 is 14.3 Å². The van der Waals surface area contributed by atoms with Gasteiger partial charge < -0.3 is 14.8 Å². The third kappa shape index (κ3) is 4.49. The Hall–Kier alpha value is -2.56. The molecule has 1 N–H and O–H groups in total. The Morgan fingerprint density at radius 1 is 1.19 bits per heavy atom. The molecule has 2 rings (SSSR count). The molecule has 21 heavy (non-hydrogen) atoms. The predicted octanol–water partition coefficient (Wildman–Crippen LogP) is 2.67. The molecule has 0 aliphatic heterocycles. The molecule has 0 unspecified atom stereocenters. The molecule has 1 amide bonds. The molecular formula is C16H18N2O3. The molecule has 5 nitrogen and oxygen atoms in total. The van der Waals surface area contributed by atoms with Crippen molar-refractivity contribution in [2.24, 2.45) is 0 Å². The van der Waals surface area contributed by atoms with Gasteiger partial charge in [-0.15, -0.1) is 0 Å². The number of aromatic nitrogens is 1. The van der Waals surface area contributed by atoms with Crippen LogP contribution in [0.25, 0.3) is 0 Å². The molecule has 0 radical (unpaired) electrons. The van der Waals surface area contributed by atoms with E-state index in [4.69, 9.17) is 9.47 Å². The van der Waals surface area contributed by atoms with E-state index in [2.05, 4.69) is 10.3 Å². The van der Waals surface area contributed by atoms with Crippen LogP contribution in [0.1, 0.15) is 12.0 Å². The number of amides is 1. The van der Waals surface area contributed by atoms with Crippen molar-refractivity contribution in [3.63, 3.8) is 0 Å². The summed E-state index contributed by atoms with van der Waals surface area (Å²) in [4.78, 5) is 15.8. The summed E-state index contributed by atoms with van der Waals surface area (Å²) in [5.41, 5.74) is 1.69. The lowest BCUT2D eigenvalue weighted by atomic mass is 10.1. The van der Waals surface area contributed by atoms with Gasteiger partial charge in [-0.3, -0.25) is 9.78 Å². The number of carbonyl (C=O) groups is 1. The van der Waals surface area contributed by atoms with Crippen LogP contribution in [0.2, 0.25) is 0 Å². The van der Waals surface area contributed by atoms with E-state index in [1.165, 1.54) is 0 Å². The topological polar surface area (TPSA) is 60.5 Å². The fraction of sp³-hybridized carbons (Fsp3) is 0.250. The molecule has 1 aromatic carbocycles. The SMILES string of the molecule is COc1cc(CCC(=O)Nc2cccnc2)cc(OC)c1. The summed E-state index contributed by atoms with van der Waals surface area (Å²) in [6, 6.07) is 9.20. The Labute approximate surface area is 123 Å². The maximum Gasteiger partial charge on any atom is 0.224 e. The van der Waals surface area contributed by atoms with Crippen molar-refractivity contribution in [3.05, 3.63) is 48.3 Å². The number of carbonyl (C=O) groups excluding carboxylic acids is 1. The molecule has 5 heteroatoms. The van der Waals surface area contributed by atoms with Crippen LogP contribution in [0.3, 0.4) is 0 Å². The van der Waals surface area contributed by atoms with Crippen LogP contribution in [0.4, 0.5) is 5.69 Å². The summed E-state index contributed by atoms with van der Waals surface area (Å²) in [6.45, 7) is 0. The highest BCUT2D eigenvalue weighted by atomic mass is 16.5. The maximum absolute atomic E-state index is 11.9. The number of pyridine rings is 1. The molecule has 0 aliphatic carbocycles. The number of aryl methyl sites for hydroxylation is 1. The first-order chi connectivity index (χ1) is 10.2. The second-order valence-corrected chi connectivity index (χ2v) is 4.51. The lowest BCUT2D eigenvalue weighted by Gasteiger charge is -2.09. The second kappa shape index (κ2) is 7.28. The van der Waals surface area contributed by atoms with Gasteiger partial charge in [-0.05, 0) is 36.2 Å². The van der Waals surface area contributed by atoms with Gasteiger partial charge in [0.1, 0.15) is 11.5 Å². The van der Waals surface area contributed by atoms with E-state index in [-0.39, 0.29) is 5.91 Å². The molecule has 0 saturated heterocycles. The van der Waals surface area contributed by atoms with Crippen LogP contribution in [-0.4, -0.2) is 25.1 Å². The third-order valence-electron chi connectivity index (χ3n) is 3.00. The highest BCUT2D eigenvalue weighted by Gasteiger charge is 2.06. The molecule has 0 bridgehead atoms. The van der Waals surface area contributed by atoms with Crippen LogP contribution in [0.15, 0.2) is 42.7 Å². The zero-order valence-electron chi connectivity index (χ0n) is 12.1. The van der Waals surface area contributed by atoms with Crippen molar-refractivity contribution >= 4 is 11.6 Å². The Morgan fingerprint density at radius 2 is 1.90 bits per heavy atom. The van der Waals surface area contributed by atoms with E-state index in [0.717, 1.165) is 17.1 Å². The van der Waals surface area contributed by atoms with Gasteiger partial charge in [0.05, 0.1) is 26.1 Å². The standard InChI is InChI=1S/C16H18N2O3/c1-20-14-8-12(9-15(10-14)21-2)5-6-16(19)18-13-4-3-7-17-11-13/h3-4,7-11H,5-6H2,1-2H3,(H,18,19). The van der Waals surface area contributed by atoms with E-state index in [0.29, 0.717) is 18.5 Å². The fourth-order valence-electron chi connectivity index (χ4n) is 1.93. The van der Waals surface area contributed by atoms with Crippen molar-refractivity contribution in [1.82, 2.24) is 4.98 Å². The number of anilines is 1. The molecule has 1 heterocycles. The molecule has 0 aliphatic rings. The molecule has 110 valence electrons. The van der Waals surface area contributed by atoms with Gasteiger partial charge in [0.25, 0.3) is 0 Å². The lowest BCUT2D eigenvalue weighted by molar-refractivity contribution is -0.116. The first kappa shape index (κ1) is 14.8. The molecule has 1 aromatic heterocycles. The maximum atomic E-state index is 11.9. The first-order valence-corrected chi connectivity index (χ1v) is 6.63. The van der Waals surface area contributed by atoms with Crippen LogP contribution in [-0.2, 0) is 11.2 Å². The van der Waals surface area contributed by atoms with E-state index in [1.54, 1.807) is 44.8 Å². The summed E-state index contributed by atoms with van der Waals surface area (Å²) < 4.78 is 10.4. The normalized spacial score (nSPS) is 10.0. The average Bonchev–Trinajstić information content (AvgIpc) is 2.53. The zero-order chi connectivity index (χ0) is 15.1. The number of hydrogen-bond donors (Lipinski definition) is 1. The van der Waals surface area contributed by atoms with Crippen LogP contribution in [0.5, 0.6) is 11.5 Å². The number of nitrogens with one attached hydrogen (secondary N) is 1. The number of methoxy groups -OCH3 is 2. The minimum absolute atomic E-state index is 0.0511. The fourth-order valence-corrected chi connectivity index (χ4v) is 1.93. The second-order valence-electron chi connectivity index (χ2n) is 4.51. The molecule has 0 spiro atoms. The Bertz CT molecular complexity index is 577. The zero-order valence-corrected chi connectivity index (χ0v) is 12.1. The van der Waals surface area contributed by atoms with E-state index < -0.39 is 0 Å². The van der Waals surface area contributed by atoms with E-state index in [9.17, 15) is 4.79 Å². The van der Waals surface area contributed by atoms with Gasteiger partial charge in [-0.2, -0.15) is 0 Å². The quantitative estimate of drug-likeness (QED) is 0.887. The van der Waals surface area contributed by atoms with Gasteiger partial charge in [0.15, 0.2) is 0 Å². The lowest BCUT2D eigenvalue weighted by Crippen LogP contribution is -2.12. The van der Waals surface area contributed by atoms with Crippen LogP contribution in [0, 0.1) is 0 Å². The first-order valence-electron chi connectivity index (χ1n) is 6.63. The Morgan fingerprint density at radius 3 is 2.48 bits per heavy atom. The van der Waals surface area contributed by atoms with Gasteiger partial charge in [0.2, 0.25) is 5.91 Å². The van der Waals surface area contributed by atoms with Gasteiger partial charge in [-0.1, -0.05) is 0 Å². The van der Waals surface area contributed by atoms with Crippen molar-refractivity contribution in [2.45, 2.75) is 12.8 Å². The van der Waals surface area contributed by atoms with Crippen LogP contribution < -0.4 is 14.8 Å². The molecule has 0 saturated carbocycles. The Kier molecular flexibility index (Phi) is 5.15. The van der Waals surface area contributed by atoms with Crippen LogP contribution >= 0.6 is 0 Å². The third-order valence-corrected chi connectivity index (χ3v) is 3.00. The summed E-state index contributed by atoms with van der Waals surface area (Å²) in [6.07, 6.45) is 4.27. The number of ether oxygens (including phenoxy) is 2. The molecule has 0 fully saturated rings. The summed E-state index contributed by atoms with van der Waals surface area (Å²) in [7, 11) is 3.21. The van der Waals surface area contributed by atoms with Crippen molar-refractivity contribution in [1.29, 1.82) is 0 Å². The number of hydrogen-bond acceptors (Lipinski definition) is 4. The van der Waals surface area contributed by atoms with E-state index >= 15 is 0 Å². The summed E-state index contributed by atoms with van der Waals surface area (Å²) in [5, 5.41) is 2.81. The molecular weight excluding hydrogens is 268 g/mol. The summed E-state index contributed by atoms with van der Waals surface area (Å²) >= 11 is 0. The van der Waals surface area contributed by atoms with Gasteiger partial charge in [0, 0.05) is 18.7 Å². The highest BCUT2D eigenvalue weighted by Crippen LogP contribution is 2.23. The monoisotopic (exact) mass is 286 g/mol. The smallest absolute Gasteiger partial charge is 0.224 e. The van der Waals surface area contributed by atoms with Gasteiger partial charge in [-0.25, -0.2) is 0 Å². The molecule has 0 atom stereocenters. The average molecular weight is 286 g/mol. The minimum Gasteiger partial charge on any atom is -0.497 e. The highest BCUT2D eigenvalue weighted by molar-refractivity contribution is 5.90. The van der Waals surface area contributed by atoms with Crippen molar-refractivity contribution in [3.8, 4) is 11.5 Å². The van der Waals surface area contributed by atoms with E-state index in [1.807, 2.05) is 12.1 Å².